The Morgan fingerprint density at radius 1 is 0.818 bits per heavy atom. The average Bonchev–Trinajstić information content (AvgIpc) is 2.81. The number of ether oxygens (including phenoxy) is 1. The van der Waals surface area contributed by atoms with Gasteiger partial charge in [-0.15, -0.1) is 0 Å². The number of hydrogen-bond donors (Lipinski definition) is 0. The summed E-state index contributed by atoms with van der Waals surface area (Å²) in [6, 6.07) is 18.6. The smallest absolute Gasteiger partial charge is 0.269 e. The van der Waals surface area contributed by atoms with E-state index in [1.807, 2.05) is 24.0 Å². The molecular formula is C24H26N4O5. The lowest BCUT2D eigenvalue weighted by Gasteiger charge is -2.29. The van der Waals surface area contributed by atoms with E-state index in [9.17, 15) is 20.2 Å². The number of benzene rings is 3. The van der Waals surface area contributed by atoms with E-state index in [4.69, 9.17) is 4.74 Å². The second-order valence-electron chi connectivity index (χ2n) is 7.43. The monoisotopic (exact) mass is 450 g/mol. The summed E-state index contributed by atoms with van der Waals surface area (Å²) < 4.78 is 5.21. The molecular weight excluding hydrogens is 424 g/mol. The third kappa shape index (κ3) is 5.45. The Bertz CT molecular complexity index is 1060. The zero-order valence-corrected chi connectivity index (χ0v) is 18.8. The summed E-state index contributed by atoms with van der Waals surface area (Å²) in [6.45, 7) is 6.29. The molecule has 9 nitrogen and oxygen atoms in total. The predicted octanol–water partition coefficient (Wildman–Crippen LogP) is 5.75. The second-order valence-corrected chi connectivity index (χ2v) is 7.43. The Morgan fingerprint density at radius 2 is 1.30 bits per heavy atom. The van der Waals surface area contributed by atoms with Crippen molar-refractivity contribution in [3.05, 3.63) is 92.5 Å². The van der Waals surface area contributed by atoms with Gasteiger partial charge in [-0.25, -0.2) is 0 Å². The molecule has 0 fully saturated rings. The summed E-state index contributed by atoms with van der Waals surface area (Å²) in [6.07, 6.45) is 0. The average molecular weight is 450 g/mol. The summed E-state index contributed by atoms with van der Waals surface area (Å²) >= 11 is 0. The van der Waals surface area contributed by atoms with Crippen LogP contribution in [-0.2, 0) is 4.74 Å². The second kappa shape index (κ2) is 10.6. The van der Waals surface area contributed by atoms with Crippen molar-refractivity contribution in [1.82, 2.24) is 0 Å². The van der Waals surface area contributed by atoms with E-state index >= 15 is 0 Å². The first-order valence-electron chi connectivity index (χ1n) is 10.5. The Kier molecular flexibility index (Phi) is 7.57. The van der Waals surface area contributed by atoms with E-state index in [0.717, 1.165) is 30.0 Å². The zero-order valence-electron chi connectivity index (χ0n) is 18.8. The molecule has 0 aliphatic heterocycles. The molecule has 0 heterocycles. The Balaban J connectivity index is 2.07. The van der Waals surface area contributed by atoms with E-state index in [2.05, 4.69) is 17.9 Å². The number of likely N-dealkylation sites (N-methyl/N-ethyl adjacent to an activating group) is 1. The molecule has 0 radical (unpaired) electrons. The van der Waals surface area contributed by atoms with Gasteiger partial charge >= 0.3 is 0 Å². The number of nitro groups is 2. The highest BCUT2D eigenvalue weighted by Gasteiger charge is 2.18. The summed E-state index contributed by atoms with van der Waals surface area (Å²) in [4.78, 5) is 25.4. The standard InChI is InChI=1S/C24H26N4O5/c1-4-25(15-16-33-3)23-13-14-24(18(2)17-23)26(19-5-9-21(10-6-19)27(29)30)20-7-11-22(12-8-20)28(31)32/h5-14,17H,4,15-16H2,1-3H3. The Hall–Kier alpha value is -3.98. The first-order valence-corrected chi connectivity index (χ1v) is 10.5. The lowest BCUT2D eigenvalue weighted by molar-refractivity contribution is -0.385. The van der Waals surface area contributed by atoms with Crippen molar-refractivity contribution in [2.45, 2.75) is 13.8 Å². The molecule has 0 unspecified atom stereocenters. The number of nitro benzene ring substituents is 2. The van der Waals surface area contributed by atoms with Crippen LogP contribution in [0.4, 0.5) is 34.1 Å². The topological polar surface area (TPSA) is 102 Å². The molecule has 33 heavy (non-hydrogen) atoms. The van der Waals surface area contributed by atoms with Gasteiger partial charge in [-0.1, -0.05) is 0 Å². The minimum absolute atomic E-state index is 0.00815. The number of methoxy groups -OCH3 is 1. The number of non-ortho nitro benzene ring substituents is 2. The molecule has 9 heteroatoms. The van der Waals surface area contributed by atoms with Gasteiger partial charge in [0.1, 0.15) is 0 Å². The summed E-state index contributed by atoms with van der Waals surface area (Å²) in [5.74, 6) is 0. The first-order chi connectivity index (χ1) is 15.8. The van der Waals surface area contributed by atoms with E-state index in [0.29, 0.717) is 18.0 Å². The van der Waals surface area contributed by atoms with Crippen molar-refractivity contribution in [2.75, 3.05) is 36.6 Å². The highest BCUT2D eigenvalue weighted by Crippen LogP contribution is 2.38. The van der Waals surface area contributed by atoms with E-state index in [1.165, 1.54) is 24.3 Å². The maximum Gasteiger partial charge on any atom is 0.269 e. The first kappa shape index (κ1) is 23.7. The van der Waals surface area contributed by atoms with Gasteiger partial charge in [0.25, 0.3) is 11.4 Å². The number of aryl methyl sites for hydroxylation is 1. The van der Waals surface area contributed by atoms with Gasteiger partial charge in [-0.2, -0.15) is 0 Å². The van der Waals surface area contributed by atoms with E-state index < -0.39 is 9.85 Å². The summed E-state index contributed by atoms with van der Waals surface area (Å²) in [7, 11) is 1.68. The van der Waals surface area contributed by atoms with Gasteiger partial charge in [-0.3, -0.25) is 20.2 Å². The van der Waals surface area contributed by atoms with Crippen molar-refractivity contribution in [2.24, 2.45) is 0 Å². The SMILES string of the molecule is CCN(CCOC)c1ccc(N(c2ccc([N+](=O)[O-])cc2)c2ccc([N+](=O)[O-])cc2)c(C)c1. The third-order valence-corrected chi connectivity index (χ3v) is 5.37. The molecule has 0 spiro atoms. The third-order valence-electron chi connectivity index (χ3n) is 5.37. The maximum atomic E-state index is 11.1. The van der Waals surface area contributed by atoms with Crippen LogP contribution in [0.1, 0.15) is 12.5 Å². The fraction of sp³-hybridized carbons (Fsp3) is 0.250. The molecule has 0 saturated heterocycles. The van der Waals surface area contributed by atoms with Crippen LogP contribution in [-0.4, -0.2) is 36.7 Å². The molecule has 0 saturated carbocycles. The Labute approximate surface area is 192 Å². The van der Waals surface area contributed by atoms with Gasteiger partial charge in [0.2, 0.25) is 0 Å². The van der Waals surface area contributed by atoms with Crippen molar-refractivity contribution < 1.29 is 14.6 Å². The van der Waals surface area contributed by atoms with Crippen LogP contribution in [0.2, 0.25) is 0 Å². The van der Waals surface area contributed by atoms with E-state index in [-0.39, 0.29) is 11.4 Å². The molecule has 3 aromatic carbocycles. The van der Waals surface area contributed by atoms with Crippen LogP contribution in [0.5, 0.6) is 0 Å². The number of rotatable bonds is 10. The van der Waals surface area contributed by atoms with Gasteiger partial charge in [0, 0.05) is 67.2 Å². The molecule has 0 amide bonds. The van der Waals surface area contributed by atoms with Crippen molar-refractivity contribution in [1.29, 1.82) is 0 Å². The molecule has 3 rings (SSSR count). The Morgan fingerprint density at radius 3 is 1.70 bits per heavy atom. The normalized spacial score (nSPS) is 10.6. The highest BCUT2D eigenvalue weighted by atomic mass is 16.6. The number of nitrogens with zero attached hydrogens (tertiary/aromatic N) is 4. The summed E-state index contributed by atoms with van der Waals surface area (Å²) in [5, 5.41) is 22.2. The van der Waals surface area contributed by atoms with Crippen molar-refractivity contribution in [3.63, 3.8) is 0 Å². The molecule has 172 valence electrons. The van der Waals surface area contributed by atoms with E-state index in [1.54, 1.807) is 31.4 Å². The zero-order chi connectivity index (χ0) is 24.0. The fourth-order valence-electron chi connectivity index (χ4n) is 3.63. The maximum absolute atomic E-state index is 11.1. The molecule has 0 bridgehead atoms. The number of hydrogen-bond acceptors (Lipinski definition) is 7. The molecule has 0 N–H and O–H groups in total. The van der Waals surface area contributed by atoms with Gasteiger partial charge in [-0.05, 0) is 61.9 Å². The van der Waals surface area contributed by atoms with Crippen LogP contribution >= 0.6 is 0 Å². The lowest BCUT2D eigenvalue weighted by atomic mass is 10.1. The molecule has 3 aromatic rings. The minimum Gasteiger partial charge on any atom is -0.383 e. The summed E-state index contributed by atoms with van der Waals surface area (Å²) in [5.41, 5.74) is 4.30. The molecule has 0 aliphatic rings. The van der Waals surface area contributed by atoms with Gasteiger partial charge in [0.05, 0.1) is 16.5 Å². The van der Waals surface area contributed by atoms with Crippen LogP contribution in [0.3, 0.4) is 0 Å². The molecule has 0 atom stereocenters. The van der Waals surface area contributed by atoms with Crippen molar-refractivity contribution >= 4 is 34.1 Å². The van der Waals surface area contributed by atoms with Crippen molar-refractivity contribution in [3.8, 4) is 0 Å². The van der Waals surface area contributed by atoms with Gasteiger partial charge < -0.3 is 14.5 Å². The van der Waals surface area contributed by atoms with Crippen LogP contribution in [0.25, 0.3) is 0 Å². The van der Waals surface area contributed by atoms with Crippen LogP contribution in [0, 0.1) is 27.2 Å². The minimum atomic E-state index is -0.445. The predicted molar refractivity (Wildman–Crippen MR) is 129 cm³/mol. The highest BCUT2D eigenvalue weighted by molar-refractivity contribution is 5.80. The quantitative estimate of drug-likeness (QED) is 0.286. The fourth-order valence-corrected chi connectivity index (χ4v) is 3.63. The van der Waals surface area contributed by atoms with Crippen LogP contribution in [0.15, 0.2) is 66.7 Å². The molecule has 0 aliphatic carbocycles. The molecule has 0 aromatic heterocycles. The number of anilines is 4. The van der Waals surface area contributed by atoms with Gasteiger partial charge in [0.15, 0.2) is 0 Å². The van der Waals surface area contributed by atoms with Crippen LogP contribution < -0.4 is 9.80 Å². The lowest BCUT2D eigenvalue weighted by Crippen LogP contribution is -2.26. The largest absolute Gasteiger partial charge is 0.383 e.